The molecule has 0 fully saturated rings. The molecule has 0 unspecified atom stereocenters. The van der Waals surface area contributed by atoms with Gasteiger partial charge in [-0.25, -0.2) is 0 Å². The highest BCUT2D eigenvalue weighted by Gasteiger charge is 1.91. The minimum atomic E-state index is 0.641. The Morgan fingerprint density at radius 3 is 2.32 bits per heavy atom. The molecule has 1 rings (SSSR count). The number of hydrogen-bond acceptors (Lipinski definition) is 3. The van der Waals surface area contributed by atoms with Gasteiger partial charge < -0.3 is 11.5 Å². The summed E-state index contributed by atoms with van der Waals surface area (Å²) in [6, 6.07) is 7.73. The van der Waals surface area contributed by atoms with Crippen LogP contribution in [-0.4, -0.2) is 6.21 Å². The second kappa shape index (κ2) is 14.3. The van der Waals surface area contributed by atoms with Gasteiger partial charge in [0.25, 0.3) is 0 Å². The van der Waals surface area contributed by atoms with Gasteiger partial charge >= 0.3 is 0 Å². The van der Waals surface area contributed by atoms with Crippen molar-refractivity contribution in [1.29, 1.82) is 0 Å². The van der Waals surface area contributed by atoms with Gasteiger partial charge in [0.2, 0.25) is 0 Å². The van der Waals surface area contributed by atoms with Crippen LogP contribution in [0.25, 0.3) is 0 Å². The van der Waals surface area contributed by atoms with E-state index >= 15 is 0 Å². The Balaban J connectivity index is 0. The number of anilines is 1. The summed E-state index contributed by atoms with van der Waals surface area (Å²) in [7, 11) is 0. The lowest BCUT2D eigenvalue weighted by Crippen LogP contribution is -1.91. The van der Waals surface area contributed by atoms with Crippen LogP contribution in [0.15, 0.2) is 41.0 Å². The van der Waals surface area contributed by atoms with E-state index in [4.69, 9.17) is 11.5 Å². The molecule has 3 heteroatoms. The van der Waals surface area contributed by atoms with Crippen molar-refractivity contribution in [2.45, 2.75) is 47.6 Å². The average molecular weight is 263 g/mol. The number of aliphatic imine (C=N–C) groups is 1. The minimum absolute atomic E-state index is 0.641. The lowest BCUT2D eigenvalue weighted by molar-refractivity contribution is 1.07. The lowest BCUT2D eigenvalue weighted by Gasteiger charge is -1.98. The first-order chi connectivity index (χ1) is 9.26. The van der Waals surface area contributed by atoms with Crippen LogP contribution in [0.2, 0.25) is 0 Å². The van der Waals surface area contributed by atoms with Crippen molar-refractivity contribution in [3.8, 4) is 0 Å². The Hall–Kier alpha value is -1.77. The minimum Gasteiger partial charge on any atom is -0.404 e. The van der Waals surface area contributed by atoms with Crippen LogP contribution < -0.4 is 11.5 Å². The fourth-order valence-corrected chi connectivity index (χ4v) is 1.21. The molecule has 0 radical (unpaired) electrons. The number of benzene rings is 1. The van der Waals surface area contributed by atoms with Crippen LogP contribution in [0.5, 0.6) is 0 Å². The second-order valence-corrected chi connectivity index (χ2v) is 3.31. The first kappa shape index (κ1) is 19.6. The van der Waals surface area contributed by atoms with Crippen molar-refractivity contribution in [3.05, 3.63) is 41.6 Å². The maximum absolute atomic E-state index is 5.66. The van der Waals surface area contributed by atoms with Crippen LogP contribution in [0.3, 0.4) is 0 Å². The van der Waals surface area contributed by atoms with E-state index in [9.17, 15) is 0 Å². The quantitative estimate of drug-likeness (QED) is 0.633. The Morgan fingerprint density at radius 1 is 1.21 bits per heavy atom. The van der Waals surface area contributed by atoms with Crippen molar-refractivity contribution in [2.75, 3.05) is 5.73 Å². The zero-order valence-corrected chi connectivity index (χ0v) is 13.0. The monoisotopic (exact) mass is 263 g/mol. The summed E-state index contributed by atoms with van der Waals surface area (Å²) < 4.78 is 0. The third-order valence-electron chi connectivity index (χ3n) is 2.10. The van der Waals surface area contributed by atoms with Crippen molar-refractivity contribution in [3.63, 3.8) is 0 Å². The zero-order chi connectivity index (χ0) is 15.1. The highest BCUT2D eigenvalue weighted by molar-refractivity contribution is 5.78. The zero-order valence-electron chi connectivity index (χ0n) is 13.0. The summed E-state index contributed by atoms with van der Waals surface area (Å²) >= 11 is 0. The van der Waals surface area contributed by atoms with Crippen LogP contribution in [0, 0.1) is 0 Å². The molecule has 19 heavy (non-hydrogen) atoms. The summed E-state index contributed by atoms with van der Waals surface area (Å²) in [5.41, 5.74) is 14.0. The smallest absolute Gasteiger partial charge is 0.0640 e. The number of nitrogen functional groups attached to an aromatic ring is 1. The Kier molecular flexibility index (Phi) is 14.7. The van der Waals surface area contributed by atoms with Gasteiger partial charge in [0.15, 0.2) is 0 Å². The molecule has 0 saturated carbocycles. The molecule has 0 aromatic heterocycles. The van der Waals surface area contributed by atoms with E-state index in [1.165, 1.54) is 0 Å². The van der Waals surface area contributed by atoms with E-state index in [1.807, 2.05) is 65.1 Å². The molecular weight excluding hydrogens is 234 g/mol. The molecule has 0 bridgehead atoms. The first-order valence-electron chi connectivity index (χ1n) is 7.01. The SMILES string of the molecule is CC.CC.CC/C(C=NCc1cccc(N)c1)=C/N. The molecular formula is C16H29N3. The van der Waals surface area contributed by atoms with Gasteiger partial charge in [-0.2, -0.15) is 0 Å². The molecule has 0 spiro atoms. The van der Waals surface area contributed by atoms with E-state index < -0.39 is 0 Å². The Bertz CT molecular complexity index is 368. The normalized spacial score (nSPS) is 10.3. The molecule has 0 amide bonds. The number of nitrogens with zero attached hydrogens (tertiary/aromatic N) is 1. The van der Waals surface area contributed by atoms with E-state index in [2.05, 4.69) is 4.99 Å². The third-order valence-corrected chi connectivity index (χ3v) is 2.10. The summed E-state index contributed by atoms with van der Waals surface area (Å²) in [5.74, 6) is 0. The van der Waals surface area contributed by atoms with Gasteiger partial charge in [-0.15, -0.1) is 0 Å². The molecule has 0 aliphatic heterocycles. The second-order valence-electron chi connectivity index (χ2n) is 3.31. The Morgan fingerprint density at radius 2 is 1.84 bits per heavy atom. The van der Waals surface area contributed by atoms with Crippen LogP contribution >= 0.6 is 0 Å². The van der Waals surface area contributed by atoms with E-state index in [1.54, 1.807) is 6.20 Å². The lowest BCUT2D eigenvalue weighted by atomic mass is 10.2. The van der Waals surface area contributed by atoms with Gasteiger partial charge in [0.1, 0.15) is 0 Å². The average Bonchev–Trinajstić information content (AvgIpc) is 2.48. The van der Waals surface area contributed by atoms with Crippen molar-refractivity contribution >= 4 is 11.9 Å². The summed E-state index contributed by atoms with van der Waals surface area (Å²) in [6.45, 7) is 10.7. The Labute approximate surface area is 118 Å². The number of rotatable bonds is 4. The third kappa shape index (κ3) is 9.89. The van der Waals surface area contributed by atoms with Crippen LogP contribution in [-0.2, 0) is 6.54 Å². The van der Waals surface area contributed by atoms with Crippen molar-refractivity contribution in [2.24, 2.45) is 10.7 Å². The predicted molar refractivity (Wildman–Crippen MR) is 88.3 cm³/mol. The largest absolute Gasteiger partial charge is 0.404 e. The van der Waals surface area contributed by atoms with Crippen molar-refractivity contribution in [1.82, 2.24) is 0 Å². The van der Waals surface area contributed by atoms with Gasteiger partial charge in [-0.3, -0.25) is 4.99 Å². The summed E-state index contributed by atoms with van der Waals surface area (Å²) in [5, 5.41) is 0. The fourth-order valence-electron chi connectivity index (χ4n) is 1.21. The predicted octanol–water partition coefficient (Wildman–Crippen LogP) is 4.14. The number of hydrogen-bond donors (Lipinski definition) is 2. The van der Waals surface area contributed by atoms with Gasteiger partial charge in [0, 0.05) is 11.9 Å². The van der Waals surface area contributed by atoms with Crippen molar-refractivity contribution < 1.29 is 0 Å². The van der Waals surface area contributed by atoms with Gasteiger partial charge in [0.05, 0.1) is 6.54 Å². The number of allylic oxidation sites excluding steroid dienone is 1. The molecule has 0 saturated heterocycles. The summed E-state index contributed by atoms with van der Waals surface area (Å²) in [6.07, 6.45) is 4.29. The maximum atomic E-state index is 5.66. The molecule has 0 aliphatic carbocycles. The molecule has 108 valence electrons. The van der Waals surface area contributed by atoms with E-state index in [0.29, 0.717) is 6.54 Å². The standard InChI is InChI=1S/C12H17N3.2C2H6/c1-2-10(7-13)8-15-9-11-4-3-5-12(14)6-11;2*1-2/h3-8H,2,9,13-14H2,1H3;2*1-2H3/b10-7-,15-8?;;. The maximum Gasteiger partial charge on any atom is 0.0640 e. The van der Waals surface area contributed by atoms with Crippen LogP contribution in [0.1, 0.15) is 46.6 Å². The molecule has 0 aliphatic rings. The topological polar surface area (TPSA) is 64.4 Å². The molecule has 0 atom stereocenters. The van der Waals surface area contributed by atoms with Gasteiger partial charge in [-0.1, -0.05) is 46.8 Å². The summed E-state index contributed by atoms with van der Waals surface area (Å²) in [4.78, 5) is 4.30. The first-order valence-corrected chi connectivity index (χ1v) is 7.01. The fraction of sp³-hybridized carbons (Fsp3) is 0.438. The molecule has 1 aromatic carbocycles. The number of nitrogens with two attached hydrogens (primary N) is 2. The molecule has 4 N–H and O–H groups in total. The highest BCUT2D eigenvalue weighted by atomic mass is 14.7. The van der Waals surface area contributed by atoms with Gasteiger partial charge in [-0.05, 0) is 35.9 Å². The molecule has 1 aromatic rings. The molecule has 0 heterocycles. The van der Waals surface area contributed by atoms with Crippen LogP contribution in [0.4, 0.5) is 5.69 Å². The highest BCUT2D eigenvalue weighted by Crippen LogP contribution is 2.07. The van der Waals surface area contributed by atoms with E-state index in [-0.39, 0.29) is 0 Å². The molecule has 3 nitrogen and oxygen atoms in total. The van der Waals surface area contributed by atoms with E-state index in [0.717, 1.165) is 23.2 Å².